The normalized spacial score (nSPS) is 17.9. The number of benzene rings is 1. The minimum atomic E-state index is 0.0362. The molecule has 0 fully saturated rings. The molecule has 3 aromatic rings. The second-order valence-corrected chi connectivity index (χ2v) is 4.70. The van der Waals surface area contributed by atoms with Gasteiger partial charge in [0.2, 0.25) is 11.7 Å². The fourth-order valence-corrected chi connectivity index (χ4v) is 2.42. The van der Waals surface area contributed by atoms with Crippen LogP contribution in [0.4, 0.5) is 0 Å². The van der Waals surface area contributed by atoms with Crippen LogP contribution >= 0.6 is 0 Å². The zero-order valence-corrected chi connectivity index (χ0v) is 10.6. The molecule has 1 aliphatic rings. The lowest BCUT2D eigenvalue weighted by atomic mass is 9.96. The van der Waals surface area contributed by atoms with Crippen molar-refractivity contribution >= 4 is 0 Å². The first-order valence-corrected chi connectivity index (χ1v) is 6.39. The van der Waals surface area contributed by atoms with E-state index in [0.717, 1.165) is 13.0 Å². The van der Waals surface area contributed by atoms with Gasteiger partial charge in [-0.25, -0.2) is 4.98 Å². The maximum Gasteiger partial charge on any atom is 0.244 e. The lowest BCUT2D eigenvalue weighted by molar-refractivity contribution is 0.321. The molecule has 20 heavy (non-hydrogen) atoms. The van der Waals surface area contributed by atoms with E-state index in [1.54, 1.807) is 0 Å². The SMILES string of the molecule is c1ccc2c(c1)CN[C@@H](c1nc(-c3ncn[nH]3)no1)C2. The van der Waals surface area contributed by atoms with Gasteiger partial charge in [0, 0.05) is 6.54 Å². The average Bonchev–Trinajstić information content (AvgIpc) is 3.17. The molecule has 0 unspecified atom stereocenters. The van der Waals surface area contributed by atoms with Crippen molar-refractivity contribution in [3.63, 3.8) is 0 Å². The summed E-state index contributed by atoms with van der Waals surface area (Å²) in [5.41, 5.74) is 2.63. The van der Waals surface area contributed by atoms with Crippen molar-refractivity contribution in [3.05, 3.63) is 47.6 Å². The van der Waals surface area contributed by atoms with Crippen LogP contribution in [0.3, 0.4) is 0 Å². The quantitative estimate of drug-likeness (QED) is 0.726. The van der Waals surface area contributed by atoms with Gasteiger partial charge in [0.25, 0.3) is 0 Å². The van der Waals surface area contributed by atoms with E-state index in [0.29, 0.717) is 17.5 Å². The summed E-state index contributed by atoms with van der Waals surface area (Å²) in [4.78, 5) is 8.38. The minimum absolute atomic E-state index is 0.0362. The van der Waals surface area contributed by atoms with Crippen LogP contribution in [0.15, 0.2) is 35.1 Å². The predicted molar refractivity (Wildman–Crippen MR) is 69.4 cm³/mol. The van der Waals surface area contributed by atoms with E-state index >= 15 is 0 Å². The van der Waals surface area contributed by atoms with E-state index in [2.05, 4.69) is 54.9 Å². The second-order valence-electron chi connectivity index (χ2n) is 4.70. The summed E-state index contributed by atoms with van der Waals surface area (Å²) in [5.74, 6) is 1.51. The molecule has 1 aromatic carbocycles. The van der Waals surface area contributed by atoms with Crippen LogP contribution in [0, 0.1) is 0 Å². The summed E-state index contributed by atoms with van der Waals surface area (Å²) < 4.78 is 5.33. The molecule has 0 saturated heterocycles. The fraction of sp³-hybridized carbons (Fsp3) is 0.231. The van der Waals surface area contributed by atoms with Crippen LogP contribution in [0.25, 0.3) is 11.6 Å². The minimum Gasteiger partial charge on any atom is -0.337 e. The van der Waals surface area contributed by atoms with Gasteiger partial charge in [0.15, 0.2) is 5.82 Å². The lowest BCUT2D eigenvalue weighted by Gasteiger charge is -2.23. The molecule has 7 nitrogen and oxygen atoms in total. The lowest BCUT2D eigenvalue weighted by Crippen LogP contribution is -2.28. The molecule has 1 aliphatic heterocycles. The molecule has 2 aromatic heterocycles. The average molecular weight is 268 g/mol. The maximum atomic E-state index is 5.33. The van der Waals surface area contributed by atoms with E-state index < -0.39 is 0 Å². The zero-order chi connectivity index (χ0) is 13.4. The number of nitrogens with zero attached hydrogens (tertiary/aromatic N) is 4. The van der Waals surface area contributed by atoms with Gasteiger partial charge >= 0.3 is 0 Å². The Bertz CT molecular complexity index is 720. The fourth-order valence-electron chi connectivity index (χ4n) is 2.42. The van der Waals surface area contributed by atoms with E-state index in [1.165, 1.54) is 17.5 Å². The van der Waals surface area contributed by atoms with E-state index in [4.69, 9.17) is 4.52 Å². The molecular weight excluding hydrogens is 256 g/mol. The van der Waals surface area contributed by atoms with Crippen molar-refractivity contribution in [1.29, 1.82) is 0 Å². The van der Waals surface area contributed by atoms with Crippen molar-refractivity contribution in [1.82, 2.24) is 30.6 Å². The number of aromatic amines is 1. The molecule has 4 rings (SSSR count). The summed E-state index contributed by atoms with van der Waals surface area (Å²) in [6, 6.07) is 8.40. The third-order valence-corrected chi connectivity index (χ3v) is 3.45. The molecule has 3 heterocycles. The number of nitrogens with one attached hydrogen (secondary N) is 2. The first kappa shape index (κ1) is 11.3. The number of hydrogen-bond donors (Lipinski definition) is 2. The van der Waals surface area contributed by atoms with Crippen molar-refractivity contribution in [2.75, 3.05) is 0 Å². The molecule has 7 heteroatoms. The van der Waals surface area contributed by atoms with Gasteiger partial charge in [-0.15, -0.1) is 0 Å². The van der Waals surface area contributed by atoms with Crippen LogP contribution < -0.4 is 5.32 Å². The highest BCUT2D eigenvalue weighted by molar-refractivity contribution is 5.40. The summed E-state index contributed by atoms with van der Waals surface area (Å²) in [5, 5.41) is 13.8. The number of H-pyrrole nitrogens is 1. The molecule has 0 aliphatic carbocycles. The summed E-state index contributed by atoms with van der Waals surface area (Å²) in [6.07, 6.45) is 2.26. The second kappa shape index (κ2) is 4.53. The van der Waals surface area contributed by atoms with Crippen molar-refractivity contribution in [3.8, 4) is 11.6 Å². The van der Waals surface area contributed by atoms with Crippen LogP contribution in [0.2, 0.25) is 0 Å². The van der Waals surface area contributed by atoms with Gasteiger partial charge in [0.05, 0.1) is 6.04 Å². The van der Waals surface area contributed by atoms with E-state index in [-0.39, 0.29) is 6.04 Å². The third-order valence-electron chi connectivity index (χ3n) is 3.45. The molecule has 0 spiro atoms. The number of fused-ring (bicyclic) bond motifs is 1. The Morgan fingerprint density at radius 1 is 1.20 bits per heavy atom. The Kier molecular flexibility index (Phi) is 2.56. The van der Waals surface area contributed by atoms with Crippen LogP contribution in [-0.2, 0) is 13.0 Å². The zero-order valence-electron chi connectivity index (χ0n) is 10.6. The standard InChI is InChI=1S/C13H12N6O/c1-2-4-9-6-14-10(5-8(9)3-1)13-17-12(19-20-13)11-15-7-16-18-11/h1-4,7,10,14H,5-6H2,(H,15,16,18)/t10-/m1/s1. The Morgan fingerprint density at radius 3 is 2.95 bits per heavy atom. The van der Waals surface area contributed by atoms with Gasteiger partial charge < -0.3 is 9.84 Å². The number of aromatic nitrogens is 5. The van der Waals surface area contributed by atoms with Crippen LogP contribution in [-0.4, -0.2) is 25.3 Å². The van der Waals surface area contributed by atoms with E-state index in [1.807, 2.05) is 0 Å². The first-order valence-electron chi connectivity index (χ1n) is 6.39. The van der Waals surface area contributed by atoms with Crippen molar-refractivity contribution in [2.45, 2.75) is 19.0 Å². The van der Waals surface area contributed by atoms with Gasteiger partial charge in [-0.1, -0.05) is 29.4 Å². The monoisotopic (exact) mass is 268 g/mol. The predicted octanol–water partition coefficient (Wildman–Crippen LogP) is 1.24. The Morgan fingerprint density at radius 2 is 2.10 bits per heavy atom. The highest BCUT2D eigenvalue weighted by Crippen LogP contribution is 2.25. The van der Waals surface area contributed by atoms with Gasteiger partial charge in [0.1, 0.15) is 6.33 Å². The maximum absolute atomic E-state index is 5.33. The highest BCUT2D eigenvalue weighted by Gasteiger charge is 2.24. The molecule has 0 saturated carbocycles. The third kappa shape index (κ3) is 1.88. The largest absolute Gasteiger partial charge is 0.337 e. The Hall–Kier alpha value is -2.54. The molecular formula is C13H12N6O. The Balaban J connectivity index is 1.60. The molecule has 2 N–H and O–H groups in total. The first-order chi connectivity index (χ1) is 9.90. The van der Waals surface area contributed by atoms with Crippen LogP contribution in [0.1, 0.15) is 23.1 Å². The molecule has 0 amide bonds. The highest BCUT2D eigenvalue weighted by atomic mass is 16.5. The smallest absolute Gasteiger partial charge is 0.244 e. The molecule has 1 atom stereocenters. The molecule has 100 valence electrons. The van der Waals surface area contributed by atoms with E-state index in [9.17, 15) is 0 Å². The van der Waals surface area contributed by atoms with Gasteiger partial charge in [-0.3, -0.25) is 5.10 Å². The van der Waals surface area contributed by atoms with Gasteiger partial charge in [-0.2, -0.15) is 10.1 Å². The van der Waals surface area contributed by atoms with Crippen molar-refractivity contribution in [2.24, 2.45) is 0 Å². The van der Waals surface area contributed by atoms with Crippen LogP contribution in [0.5, 0.6) is 0 Å². The van der Waals surface area contributed by atoms with Gasteiger partial charge in [-0.05, 0) is 17.5 Å². The summed E-state index contributed by atoms with van der Waals surface area (Å²) >= 11 is 0. The van der Waals surface area contributed by atoms with Crippen molar-refractivity contribution < 1.29 is 4.52 Å². The molecule has 0 radical (unpaired) electrons. The molecule has 0 bridgehead atoms. The Labute approximate surface area is 114 Å². The summed E-state index contributed by atoms with van der Waals surface area (Å²) in [6.45, 7) is 0.806. The number of hydrogen-bond acceptors (Lipinski definition) is 6. The number of rotatable bonds is 2. The topological polar surface area (TPSA) is 92.5 Å². The summed E-state index contributed by atoms with van der Waals surface area (Å²) in [7, 11) is 0.